The second kappa shape index (κ2) is 11.1. The number of aliphatic hydroxyl groups excluding tert-OH is 1. The van der Waals surface area contributed by atoms with Crippen LogP contribution in [-0.2, 0) is 19.0 Å². The Morgan fingerprint density at radius 1 is 1.29 bits per heavy atom. The molecule has 0 bridgehead atoms. The zero-order chi connectivity index (χ0) is 22.2. The van der Waals surface area contributed by atoms with Gasteiger partial charge in [0.1, 0.15) is 5.58 Å². The zero-order valence-corrected chi connectivity index (χ0v) is 17.8. The van der Waals surface area contributed by atoms with E-state index in [1.54, 1.807) is 37.5 Å². The van der Waals surface area contributed by atoms with Gasteiger partial charge in [0.05, 0.1) is 18.3 Å². The first kappa shape index (κ1) is 23.0. The predicted octanol–water partition coefficient (Wildman–Crippen LogP) is 2.30. The molecule has 0 aliphatic carbocycles. The maximum Gasteiger partial charge on any atom is 0.286 e. The molecule has 2 N–H and O–H groups in total. The molecule has 0 radical (unpaired) electrons. The Morgan fingerprint density at radius 2 is 2.10 bits per heavy atom. The van der Waals surface area contributed by atoms with Crippen LogP contribution >= 0.6 is 0 Å². The minimum Gasteiger partial charge on any atom is -0.464 e. The third-order valence-electron chi connectivity index (χ3n) is 5.29. The molecule has 2 aromatic rings. The lowest BCUT2D eigenvalue weighted by atomic mass is 9.81. The van der Waals surface area contributed by atoms with E-state index < -0.39 is 18.1 Å². The second-order valence-electron chi connectivity index (χ2n) is 7.29. The van der Waals surface area contributed by atoms with Gasteiger partial charge in [0.2, 0.25) is 6.29 Å². The third kappa shape index (κ3) is 5.33. The summed E-state index contributed by atoms with van der Waals surface area (Å²) in [5, 5.41) is 12.6. The van der Waals surface area contributed by atoms with Crippen LogP contribution in [0, 0.1) is 5.92 Å². The van der Waals surface area contributed by atoms with Crippen molar-refractivity contribution in [1.29, 1.82) is 0 Å². The summed E-state index contributed by atoms with van der Waals surface area (Å²) < 4.78 is 22.4. The van der Waals surface area contributed by atoms with Crippen molar-refractivity contribution in [2.45, 2.75) is 32.0 Å². The minimum atomic E-state index is -0.736. The Bertz CT molecular complexity index is 968. The molecule has 168 valence electrons. The van der Waals surface area contributed by atoms with E-state index in [0.29, 0.717) is 49.1 Å². The van der Waals surface area contributed by atoms with Gasteiger partial charge in [-0.3, -0.25) is 9.59 Å². The monoisotopic (exact) mass is 431 g/mol. The molecule has 1 aromatic heterocycles. The summed E-state index contributed by atoms with van der Waals surface area (Å²) in [5.74, 6) is -1.06. The summed E-state index contributed by atoms with van der Waals surface area (Å²) in [6.07, 6.45) is 3.43. The van der Waals surface area contributed by atoms with E-state index >= 15 is 0 Å². The standard InChI is InChI=1S/C23H29NO7/c1-3-29-23-15(8-6-11-25)17(13-20(31-23)22(27)24-10-12-28-2)18-14-30-19-9-5-4-7-16(19)21(18)26/h4-5,7,9,13-15,17,23,25H,3,6,8,10-12H2,1-2H3,(H,24,27)/t15-,17-,23+/m0/s1. The molecule has 1 aliphatic heterocycles. The number of para-hydroxylation sites is 1. The fourth-order valence-corrected chi connectivity index (χ4v) is 3.80. The topological polar surface area (TPSA) is 107 Å². The number of nitrogens with one attached hydrogen (secondary N) is 1. The van der Waals surface area contributed by atoms with Gasteiger partial charge in [-0.2, -0.15) is 0 Å². The molecule has 3 atom stereocenters. The van der Waals surface area contributed by atoms with E-state index in [9.17, 15) is 14.7 Å². The van der Waals surface area contributed by atoms with Gasteiger partial charge in [-0.15, -0.1) is 0 Å². The Balaban J connectivity index is 2.04. The molecule has 8 nitrogen and oxygen atoms in total. The van der Waals surface area contributed by atoms with E-state index in [2.05, 4.69) is 5.32 Å². The van der Waals surface area contributed by atoms with Crippen molar-refractivity contribution < 1.29 is 28.5 Å². The van der Waals surface area contributed by atoms with Gasteiger partial charge in [0, 0.05) is 44.3 Å². The maximum absolute atomic E-state index is 13.3. The summed E-state index contributed by atoms with van der Waals surface area (Å²) in [6.45, 7) is 2.90. The lowest BCUT2D eigenvalue weighted by Crippen LogP contribution is -2.40. The highest BCUT2D eigenvalue weighted by Gasteiger charge is 2.39. The number of amides is 1. The number of carbonyl (C=O) groups excluding carboxylic acids is 1. The molecule has 0 unspecified atom stereocenters. The number of fused-ring (bicyclic) bond motifs is 1. The smallest absolute Gasteiger partial charge is 0.286 e. The van der Waals surface area contributed by atoms with Crippen molar-refractivity contribution in [3.63, 3.8) is 0 Å². The molecule has 0 saturated carbocycles. The van der Waals surface area contributed by atoms with Crippen molar-refractivity contribution in [2.75, 3.05) is 33.5 Å². The summed E-state index contributed by atoms with van der Waals surface area (Å²) in [5.41, 5.74) is 0.767. The summed E-state index contributed by atoms with van der Waals surface area (Å²) in [6, 6.07) is 7.04. The van der Waals surface area contributed by atoms with Crippen LogP contribution in [0.2, 0.25) is 0 Å². The first-order valence-electron chi connectivity index (χ1n) is 10.5. The summed E-state index contributed by atoms with van der Waals surface area (Å²) in [4.78, 5) is 25.9. The van der Waals surface area contributed by atoms with E-state index in [1.807, 2.05) is 6.92 Å². The molecular weight excluding hydrogens is 402 g/mol. The van der Waals surface area contributed by atoms with Gasteiger partial charge in [-0.25, -0.2) is 0 Å². The molecule has 1 amide bonds. The molecule has 0 spiro atoms. The number of allylic oxidation sites excluding steroid dienone is 1. The number of rotatable bonds is 10. The Kier molecular flexibility index (Phi) is 8.22. The Morgan fingerprint density at radius 3 is 2.84 bits per heavy atom. The first-order chi connectivity index (χ1) is 15.1. The van der Waals surface area contributed by atoms with Crippen LogP contribution in [0.25, 0.3) is 11.0 Å². The van der Waals surface area contributed by atoms with Crippen LogP contribution in [0.3, 0.4) is 0 Å². The van der Waals surface area contributed by atoms with Gasteiger partial charge in [-0.05, 0) is 38.0 Å². The number of hydrogen-bond donors (Lipinski definition) is 2. The van der Waals surface area contributed by atoms with E-state index in [1.165, 1.54) is 6.26 Å². The molecule has 1 aromatic carbocycles. The van der Waals surface area contributed by atoms with E-state index in [4.69, 9.17) is 18.6 Å². The summed E-state index contributed by atoms with van der Waals surface area (Å²) in [7, 11) is 1.55. The lowest BCUT2D eigenvalue weighted by molar-refractivity contribution is -0.166. The van der Waals surface area contributed by atoms with Gasteiger partial charge in [0.25, 0.3) is 5.91 Å². The lowest BCUT2D eigenvalue weighted by Gasteiger charge is -2.36. The molecule has 31 heavy (non-hydrogen) atoms. The molecule has 1 aliphatic rings. The summed E-state index contributed by atoms with van der Waals surface area (Å²) >= 11 is 0. The molecule has 3 rings (SSSR count). The largest absolute Gasteiger partial charge is 0.464 e. The SMILES string of the molecule is CCO[C@@H]1OC(C(=O)NCCOC)=C[C@H](c2coc3ccccc3c2=O)[C@@H]1CCCO. The third-order valence-corrected chi connectivity index (χ3v) is 5.29. The molecule has 2 heterocycles. The number of ether oxygens (including phenoxy) is 3. The fraction of sp³-hybridized carbons (Fsp3) is 0.478. The van der Waals surface area contributed by atoms with Crippen LogP contribution in [-0.4, -0.2) is 50.8 Å². The maximum atomic E-state index is 13.3. The Hall–Kier alpha value is -2.68. The van der Waals surface area contributed by atoms with Crippen molar-refractivity contribution in [3.8, 4) is 0 Å². The second-order valence-corrected chi connectivity index (χ2v) is 7.29. The zero-order valence-electron chi connectivity index (χ0n) is 17.8. The normalized spacial score (nSPS) is 20.9. The average molecular weight is 431 g/mol. The van der Waals surface area contributed by atoms with Crippen LogP contribution in [0.4, 0.5) is 0 Å². The number of hydrogen-bond acceptors (Lipinski definition) is 7. The Labute approximate surface area is 180 Å². The first-order valence-corrected chi connectivity index (χ1v) is 10.5. The van der Waals surface area contributed by atoms with Gasteiger partial charge >= 0.3 is 0 Å². The van der Waals surface area contributed by atoms with Gasteiger partial charge in [0.15, 0.2) is 11.2 Å². The minimum absolute atomic E-state index is 0.00245. The van der Waals surface area contributed by atoms with Gasteiger partial charge in [-0.1, -0.05) is 12.1 Å². The van der Waals surface area contributed by atoms with Crippen molar-refractivity contribution in [2.24, 2.45) is 5.92 Å². The number of carbonyl (C=O) groups is 1. The quantitative estimate of drug-likeness (QED) is 0.556. The van der Waals surface area contributed by atoms with Crippen LogP contribution in [0.5, 0.6) is 0 Å². The van der Waals surface area contributed by atoms with E-state index in [-0.39, 0.29) is 23.7 Å². The van der Waals surface area contributed by atoms with Gasteiger partial charge < -0.3 is 29.1 Å². The van der Waals surface area contributed by atoms with Crippen LogP contribution < -0.4 is 10.7 Å². The van der Waals surface area contributed by atoms with Crippen molar-refractivity contribution >= 4 is 16.9 Å². The number of aliphatic hydroxyl groups is 1. The highest BCUT2D eigenvalue weighted by Crippen LogP contribution is 2.38. The van der Waals surface area contributed by atoms with Crippen LogP contribution in [0.15, 0.2) is 51.6 Å². The average Bonchev–Trinajstić information content (AvgIpc) is 2.78. The van der Waals surface area contributed by atoms with E-state index in [0.717, 1.165) is 0 Å². The number of methoxy groups -OCH3 is 1. The van der Waals surface area contributed by atoms with Crippen molar-refractivity contribution in [3.05, 3.63) is 58.2 Å². The molecular formula is C23H29NO7. The molecule has 0 saturated heterocycles. The molecule has 0 fully saturated rings. The predicted molar refractivity (Wildman–Crippen MR) is 115 cm³/mol. The number of benzene rings is 1. The molecule has 8 heteroatoms. The fourth-order valence-electron chi connectivity index (χ4n) is 3.80. The highest BCUT2D eigenvalue weighted by atomic mass is 16.7. The van der Waals surface area contributed by atoms with Crippen LogP contribution in [0.1, 0.15) is 31.2 Å². The van der Waals surface area contributed by atoms with Crippen molar-refractivity contribution in [1.82, 2.24) is 5.32 Å². The highest BCUT2D eigenvalue weighted by molar-refractivity contribution is 5.91.